The van der Waals surface area contributed by atoms with Gasteiger partial charge in [0.15, 0.2) is 5.43 Å². The van der Waals surface area contributed by atoms with Crippen LogP contribution in [0.5, 0.6) is 0 Å². The van der Waals surface area contributed by atoms with E-state index in [9.17, 15) is 19.5 Å². The maximum absolute atomic E-state index is 13.3. The van der Waals surface area contributed by atoms with Gasteiger partial charge in [-0.1, -0.05) is 29.8 Å². The van der Waals surface area contributed by atoms with Gasteiger partial charge in [0.25, 0.3) is 11.8 Å². The highest BCUT2D eigenvalue weighted by molar-refractivity contribution is 6.31. The van der Waals surface area contributed by atoms with Gasteiger partial charge in [0.2, 0.25) is 0 Å². The number of nitrogens with zero attached hydrogens (tertiary/aromatic N) is 1. The molecule has 4 aliphatic rings. The molecule has 4 fully saturated rings. The van der Waals surface area contributed by atoms with Crippen LogP contribution >= 0.6 is 11.6 Å². The number of carbonyl (C=O) groups excluding carboxylic acids is 2. The molecule has 2 atom stereocenters. The minimum Gasteiger partial charge on any atom is -0.390 e. The van der Waals surface area contributed by atoms with E-state index in [4.69, 9.17) is 11.6 Å². The molecule has 2 amide bonds. The van der Waals surface area contributed by atoms with E-state index >= 15 is 0 Å². The Hall–Kier alpha value is -3.94. The van der Waals surface area contributed by atoms with Crippen LogP contribution in [0.25, 0.3) is 16.6 Å². The molecular formula is C34H32ClN3O4. The standard InChI is InChI=1S/C34H32ClN3O4/c35-26-10-11-28-29(14-26)38(27-4-2-1-3-5-27)19-25(31(28)39)18-36-32(40)21-6-8-22(9-7-21)33(41)37-30-23-12-20-13-24(30)17-34(42,15-20)16-23/h1-11,14,19-20,23-24,30,42H,12-13,15-18H2,(H,36,40)(H,37,41)/t20-,23-,24-,30-,34-/m1/s1. The van der Waals surface area contributed by atoms with Crippen molar-refractivity contribution in [1.82, 2.24) is 15.2 Å². The smallest absolute Gasteiger partial charge is 0.251 e. The summed E-state index contributed by atoms with van der Waals surface area (Å²) >= 11 is 6.25. The fraction of sp³-hybridized carbons (Fsp3) is 0.324. The van der Waals surface area contributed by atoms with Gasteiger partial charge in [-0.15, -0.1) is 0 Å². The molecule has 0 saturated heterocycles. The van der Waals surface area contributed by atoms with Gasteiger partial charge in [0, 0.05) is 51.6 Å². The van der Waals surface area contributed by atoms with Crippen LogP contribution in [0.1, 0.15) is 58.4 Å². The predicted octanol–water partition coefficient (Wildman–Crippen LogP) is 5.24. The van der Waals surface area contributed by atoms with E-state index in [0.717, 1.165) is 37.8 Å². The average molecular weight is 582 g/mol. The number of aromatic nitrogens is 1. The zero-order chi connectivity index (χ0) is 29.0. The van der Waals surface area contributed by atoms with Crippen LogP contribution in [-0.2, 0) is 6.54 Å². The van der Waals surface area contributed by atoms with E-state index in [-0.39, 0.29) is 29.8 Å². The molecule has 4 saturated carbocycles. The Balaban J connectivity index is 1.05. The molecule has 0 aliphatic heterocycles. The molecule has 0 unspecified atom stereocenters. The summed E-state index contributed by atoms with van der Waals surface area (Å²) in [4.78, 5) is 39.4. The Bertz CT molecular complexity index is 1730. The van der Waals surface area contributed by atoms with Crippen LogP contribution in [0, 0.1) is 17.8 Å². The summed E-state index contributed by atoms with van der Waals surface area (Å²) in [5, 5.41) is 18.0. The number of carbonyl (C=O) groups is 2. The van der Waals surface area contributed by atoms with E-state index in [0.29, 0.717) is 50.4 Å². The van der Waals surface area contributed by atoms with Crippen molar-refractivity contribution in [2.24, 2.45) is 17.8 Å². The molecule has 214 valence electrons. The Kier molecular flexibility index (Phi) is 6.67. The van der Waals surface area contributed by atoms with E-state index in [1.165, 1.54) is 0 Å². The van der Waals surface area contributed by atoms with Gasteiger partial charge in [-0.05, 0) is 104 Å². The van der Waals surface area contributed by atoms with Crippen molar-refractivity contribution in [3.63, 3.8) is 0 Å². The topological polar surface area (TPSA) is 100 Å². The molecule has 4 aromatic rings. The van der Waals surface area contributed by atoms with Gasteiger partial charge in [0.05, 0.1) is 11.1 Å². The fourth-order valence-corrected chi connectivity index (χ4v) is 7.95. The molecule has 3 aromatic carbocycles. The lowest BCUT2D eigenvalue weighted by Crippen LogP contribution is -2.61. The summed E-state index contributed by atoms with van der Waals surface area (Å²) in [6.07, 6.45) is 6.33. The monoisotopic (exact) mass is 581 g/mol. The Morgan fingerprint density at radius 3 is 2.24 bits per heavy atom. The van der Waals surface area contributed by atoms with Gasteiger partial charge in [-0.2, -0.15) is 0 Å². The molecule has 4 bridgehead atoms. The number of hydrogen-bond acceptors (Lipinski definition) is 4. The molecule has 7 nitrogen and oxygen atoms in total. The molecule has 3 N–H and O–H groups in total. The highest BCUT2D eigenvalue weighted by atomic mass is 35.5. The van der Waals surface area contributed by atoms with Gasteiger partial charge >= 0.3 is 0 Å². The average Bonchev–Trinajstić information content (AvgIpc) is 2.98. The van der Waals surface area contributed by atoms with Gasteiger partial charge < -0.3 is 20.3 Å². The first-order valence-electron chi connectivity index (χ1n) is 14.6. The summed E-state index contributed by atoms with van der Waals surface area (Å²) < 4.78 is 1.90. The van der Waals surface area contributed by atoms with Crippen molar-refractivity contribution in [3.05, 3.63) is 111 Å². The first-order chi connectivity index (χ1) is 20.3. The Labute approximate surface area is 248 Å². The summed E-state index contributed by atoms with van der Waals surface area (Å²) in [6, 6.07) is 21.5. The second-order valence-corrected chi connectivity index (χ2v) is 12.7. The summed E-state index contributed by atoms with van der Waals surface area (Å²) in [6.45, 7) is 0.0447. The van der Waals surface area contributed by atoms with Gasteiger partial charge in [0.1, 0.15) is 0 Å². The molecule has 1 aromatic heterocycles. The van der Waals surface area contributed by atoms with Crippen molar-refractivity contribution in [1.29, 1.82) is 0 Å². The normalized spacial score (nSPS) is 25.9. The van der Waals surface area contributed by atoms with Crippen LogP contribution in [0.3, 0.4) is 0 Å². The summed E-state index contributed by atoms with van der Waals surface area (Å²) in [5.41, 5.74) is 2.19. The number of rotatable bonds is 6. The van der Waals surface area contributed by atoms with E-state index in [1.807, 2.05) is 34.9 Å². The van der Waals surface area contributed by atoms with Crippen LogP contribution < -0.4 is 16.1 Å². The Morgan fingerprint density at radius 1 is 0.905 bits per heavy atom. The van der Waals surface area contributed by atoms with Crippen LogP contribution in [-0.4, -0.2) is 33.1 Å². The fourth-order valence-electron chi connectivity index (χ4n) is 7.78. The lowest BCUT2D eigenvalue weighted by molar-refractivity contribution is -0.136. The highest BCUT2D eigenvalue weighted by Crippen LogP contribution is 2.55. The second kappa shape index (κ2) is 10.4. The molecule has 8 rings (SSSR count). The third-order valence-corrected chi connectivity index (χ3v) is 9.70. The van der Waals surface area contributed by atoms with Crippen LogP contribution in [0.4, 0.5) is 0 Å². The molecular weight excluding hydrogens is 550 g/mol. The van der Waals surface area contributed by atoms with Crippen molar-refractivity contribution < 1.29 is 14.7 Å². The zero-order valence-corrected chi connectivity index (χ0v) is 23.8. The maximum Gasteiger partial charge on any atom is 0.251 e. The molecule has 4 aliphatic carbocycles. The first kappa shape index (κ1) is 26.9. The number of pyridine rings is 1. The molecule has 1 heterocycles. The number of para-hydroxylation sites is 1. The van der Waals surface area contributed by atoms with Crippen molar-refractivity contribution in [3.8, 4) is 5.69 Å². The van der Waals surface area contributed by atoms with Crippen molar-refractivity contribution in [2.75, 3.05) is 0 Å². The number of amides is 2. The summed E-state index contributed by atoms with van der Waals surface area (Å²) in [7, 11) is 0. The second-order valence-electron chi connectivity index (χ2n) is 12.3. The van der Waals surface area contributed by atoms with E-state index < -0.39 is 5.60 Å². The lowest BCUT2D eigenvalue weighted by Gasteiger charge is -2.58. The van der Waals surface area contributed by atoms with Gasteiger partial charge in [-0.25, -0.2) is 0 Å². The van der Waals surface area contributed by atoms with Crippen LogP contribution in [0.15, 0.2) is 83.8 Å². The lowest BCUT2D eigenvalue weighted by atomic mass is 9.52. The predicted molar refractivity (Wildman–Crippen MR) is 162 cm³/mol. The number of benzene rings is 3. The van der Waals surface area contributed by atoms with E-state index in [1.54, 1.807) is 48.7 Å². The quantitative estimate of drug-likeness (QED) is 0.290. The molecule has 0 radical (unpaired) electrons. The third kappa shape index (κ3) is 4.91. The summed E-state index contributed by atoms with van der Waals surface area (Å²) in [5.74, 6) is 0.748. The van der Waals surface area contributed by atoms with Gasteiger partial charge in [-0.3, -0.25) is 14.4 Å². The minimum atomic E-state index is -0.540. The van der Waals surface area contributed by atoms with Crippen LogP contribution in [0.2, 0.25) is 5.02 Å². The van der Waals surface area contributed by atoms with Crippen molar-refractivity contribution >= 4 is 34.3 Å². The molecule has 42 heavy (non-hydrogen) atoms. The number of hydrogen-bond donors (Lipinski definition) is 3. The highest BCUT2D eigenvalue weighted by Gasteiger charge is 2.55. The molecule has 0 spiro atoms. The molecule has 8 heteroatoms. The largest absolute Gasteiger partial charge is 0.390 e. The third-order valence-electron chi connectivity index (χ3n) is 9.46. The number of halogens is 1. The first-order valence-corrected chi connectivity index (χ1v) is 14.9. The number of aliphatic hydroxyl groups is 1. The SMILES string of the molecule is O=C(NCc1cn(-c2ccccc2)c2cc(Cl)ccc2c1=O)c1ccc(C(=O)N[C@H]2[C@@H]3C[C@H]4C[C@@H]2C[C@@](O)(C3)C4)cc1. The van der Waals surface area contributed by atoms with Crippen molar-refractivity contribution in [2.45, 2.75) is 50.3 Å². The maximum atomic E-state index is 13.3. The number of nitrogens with one attached hydrogen (secondary N) is 2. The minimum absolute atomic E-state index is 0.0447. The van der Waals surface area contributed by atoms with E-state index in [2.05, 4.69) is 10.6 Å². The Morgan fingerprint density at radius 2 is 1.57 bits per heavy atom. The zero-order valence-electron chi connectivity index (χ0n) is 23.1. The number of fused-ring (bicyclic) bond motifs is 1.